The maximum Gasteiger partial charge on any atom is 0.272 e. The molecule has 21 heavy (non-hydrogen) atoms. The summed E-state index contributed by atoms with van der Waals surface area (Å²) < 4.78 is 23.1. The van der Waals surface area contributed by atoms with Crippen molar-refractivity contribution < 1.29 is 22.8 Å². The Hall–Kier alpha value is -1.74. The molecule has 0 bridgehead atoms. The highest BCUT2D eigenvalue weighted by molar-refractivity contribution is 8.08. The van der Waals surface area contributed by atoms with Crippen LogP contribution >= 0.6 is 0 Å². The number of carbonyl (C=O) groups excluding carboxylic acids is 3. The van der Waals surface area contributed by atoms with Gasteiger partial charge in [0.05, 0.1) is 12.5 Å². The van der Waals surface area contributed by atoms with Crippen molar-refractivity contribution in [2.24, 2.45) is 17.4 Å². The van der Waals surface area contributed by atoms with E-state index in [0.717, 1.165) is 0 Å². The van der Waals surface area contributed by atoms with Crippen molar-refractivity contribution in [3.05, 3.63) is 12.0 Å². The molecule has 2 atom stereocenters. The summed E-state index contributed by atoms with van der Waals surface area (Å²) in [5.74, 6) is -1.64. The first-order chi connectivity index (χ1) is 9.51. The van der Waals surface area contributed by atoms with Crippen LogP contribution in [0.2, 0.25) is 0 Å². The van der Waals surface area contributed by atoms with Crippen molar-refractivity contribution in [1.82, 2.24) is 5.32 Å². The number of amides is 2. The van der Waals surface area contributed by atoms with Crippen LogP contribution in [0.5, 0.6) is 0 Å². The maximum absolute atomic E-state index is 11.9. The largest absolute Gasteiger partial charge is 0.370 e. The van der Waals surface area contributed by atoms with Gasteiger partial charge in [0.2, 0.25) is 21.7 Å². The molecular formula is C12H21N3O5S. The molecule has 0 aromatic carbocycles. The molecule has 0 heterocycles. The third kappa shape index (κ3) is 6.50. The normalized spacial score (nSPS) is 14.3. The van der Waals surface area contributed by atoms with Gasteiger partial charge in [0.1, 0.15) is 6.04 Å². The standard InChI is InChI=1S/C12H21N3O5S/c1-4-21(19,20)12(18)9(5-7(2)3)15-11(17)8(13)6-10(14)16/h4,7-9H,1,5-6,13H2,2-3H3,(H2,14,16)(H,15,17)/t8-,9-/m0/s1. The third-order valence-corrected chi connectivity index (χ3v) is 3.85. The van der Waals surface area contributed by atoms with Crippen LogP contribution < -0.4 is 16.8 Å². The molecule has 0 radical (unpaired) electrons. The lowest BCUT2D eigenvalue weighted by Crippen LogP contribution is -2.51. The Kier molecular flexibility index (Phi) is 7.23. The van der Waals surface area contributed by atoms with E-state index in [1.165, 1.54) is 0 Å². The van der Waals surface area contributed by atoms with Crippen molar-refractivity contribution in [2.75, 3.05) is 0 Å². The molecule has 0 aliphatic carbocycles. The molecule has 0 aromatic rings. The molecule has 0 fully saturated rings. The van der Waals surface area contributed by atoms with Crippen molar-refractivity contribution in [3.63, 3.8) is 0 Å². The fourth-order valence-electron chi connectivity index (χ4n) is 1.55. The first kappa shape index (κ1) is 19.3. The SMILES string of the molecule is C=CS(=O)(=O)C(=O)[C@H](CC(C)C)NC(=O)[C@@H](N)CC(N)=O. The van der Waals surface area contributed by atoms with Gasteiger partial charge < -0.3 is 16.8 Å². The second-order valence-electron chi connectivity index (χ2n) is 5.00. The predicted octanol–water partition coefficient (Wildman–Crippen LogP) is -1.20. The number of nitrogens with two attached hydrogens (primary N) is 2. The van der Waals surface area contributed by atoms with Gasteiger partial charge in [0.15, 0.2) is 0 Å². The van der Waals surface area contributed by atoms with Gasteiger partial charge in [-0.2, -0.15) is 0 Å². The smallest absolute Gasteiger partial charge is 0.272 e. The second-order valence-corrected chi connectivity index (χ2v) is 6.82. The van der Waals surface area contributed by atoms with E-state index in [1.54, 1.807) is 13.8 Å². The molecule has 0 saturated heterocycles. The molecular weight excluding hydrogens is 298 g/mol. The van der Waals surface area contributed by atoms with Crippen molar-refractivity contribution in [3.8, 4) is 0 Å². The molecule has 0 spiro atoms. The summed E-state index contributed by atoms with van der Waals surface area (Å²) in [7, 11) is -4.16. The van der Waals surface area contributed by atoms with E-state index in [4.69, 9.17) is 11.5 Å². The highest BCUT2D eigenvalue weighted by atomic mass is 32.2. The molecule has 0 rings (SSSR count). The van der Waals surface area contributed by atoms with Crippen molar-refractivity contribution >= 4 is 26.8 Å². The van der Waals surface area contributed by atoms with Gasteiger partial charge in [0.25, 0.3) is 5.12 Å². The molecule has 9 heteroatoms. The Labute approximate surface area is 123 Å². The number of hydrogen-bond donors (Lipinski definition) is 3. The molecule has 0 saturated carbocycles. The summed E-state index contributed by atoms with van der Waals surface area (Å²) in [5.41, 5.74) is 10.4. The zero-order chi connectivity index (χ0) is 16.8. The van der Waals surface area contributed by atoms with Crippen molar-refractivity contribution in [2.45, 2.75) is 38.8 Å². The van der Waals surface area contributed by atoms with E-state index in [9.17, 15) is 22.8 Å². The van der Waals surface area contributed by atoms with Gasteiger partial charge in [-0.1, -0.05) is 20.4 Å². The number of hydrogen-bond acceptors (Lipinski definition) is 6. The Morgan fingerprint density at radius 3 is 2.19 bits per heavy atom. The Bertz CT molecular complexity index is 527. The monoisotopic (exact) mass is 319 g/mol. The van der Waals surface area contributed by atoms with E-state index in [0.29, 0.717) is 5.41 Å². The van der Waals surface area contributed by atoms with Crippen LogP contribution in [0.25, 0.3) is 0 Å². The Morgan fingerprint density at radius 1 is 1.29 bits per heavy atom. The van der Waals surface area contributed by atoms with Gasteiger partial charge in [-0.15, -0.1) is 0 Å². The summed E-state index contributed by atoms with van der Waals surface area (Å²) in [6.07, 6.45) is -0.288. The molecule has 2 amide bonds. The zero-order valence-electron chi connectivity index (χ0n) is 12.0. The molecule has 0 aromatic heterocycles. The topological polar surface area (TPSA) is 149 Å². The summed E-state index contributed by atoms with van der Waals surface area (Å²) in [6.45, 7) is 6.58. The number of carbonyl (C=O) groups is 3. The Morgan fingerprint density at radius 2 is 1.81 bits per heavy atom. The lowest BCUT2D eigenvalue weighted by molar-refractivity contribution is -0.128. The van der Waals surface area contributed by atoms with Crippen LogP contribution in [0.1, 0.15) is 26.7 Å². The summed E-state index contributed by atoms with van der Waals surface area (Å²) >= 11 is 0. The van der Waals surface area contributed by atoms with Gasteiger partial charge in [0, 0.05) is 5.41 Å². The van der Waals surface area contributed by atoms with E-state index >= 15 is 0 Å². The number of nitrogens with one attached hydrogen (secondary N) is 1. The summed E-state index contributed by atoms with van der Waals surface area (Å²) in [5, 5.41) is 1.61. The van der Waals surface area contributed by atoms with E-state index in [-0.39, 0.29) is 12.3 Å². The zero-order valence-corrected chi connectivity index (χ0v) is 12.9. The molecule has 0 aliphatic rings. The van der Waals surface area contributed by atoms with Crippen LogP contribution in [0.3, 0.4) is 0 Å². The highest BCUT2D eigenvalue weighted by Crippen LogP contribution is 2.10. The minimum absolute atomic E-state index is 0.0494. The number of primary amides is 1. The summed E-state index contributed by atoms with van der Waals surface area (Å²) in [6, 6.07) is -2.49. The first-order valence-corrected chi connectivity index (χ1v) is 7.81. The van der Waals surface area contributed by atoms with Crippen LogP contribution in [0, 0.1) is 5.92 Å². The lowest BCUT2D eigenvalue weighted by Gasteiger charge is -2.20. The number of sulfone groups is 1. The van der Waals surface area contributed by atoms with Gasteiger partial charge >= 0.3 is 0 Å². The van der Waals surface area contributed by atoms with Gasteiger partial charge in [-0.25, -0.2) is 8.42 Å². The predicted molar refractivity (Wildman–Crippen MR) is 77.3 cm³/mol. The second kappa shape index (κ2) is 7.89. The van der Waals surface area contributed by atoms with Gasteiger partial charge in [-0.05, 0) is 12.3 Å². The van der Waals surface area contributed by atoms with E-state index in [1.807, 2.05) is 0 Å². The molecule has 0 aliphatic heterocycles. The van der Waals surface area contributed by atoms with Crippen LogP contribution in [-0.2, 0) is 24.2 Å². The minimum Gasteiger partial charge on any atom is -0.370 e. The molecule has 120 valence electrons. The average molecular weight is 319 g/mol. The quantitative estimate of drug-likeness (QED) is 0.511. The minimum atomic E-state index is -4.16. The Balaban J connectivity index is 5.10. The fraction of sp³-hybridized carbons (Fsp3) is 0.583. The van der Waals surface area contributed by atoms with E-state index in [2.05, 4.69) is 11.9 Å². The lowest BCUT2D eigenvalue weighted by atomic mass is 10.0. The number of rotatable bonds is 8. The molecule has 5 N–H and O–H groups in total. The third-order valence-electron chi connectivity index (χ3n) is 2.57. The van der Waals surface area contributed by atoms with Crippen LogP contribution in [0.4, 0.5) is 0 Å². The molecule has 8 nitrogen and oxygen atoms in total. The maximum atomic E-state index is 11.9. The van der Waals surface area contributed by atoms with Crippen molar-refractivity contribution in [1.29, 1.82) is 0 Å². The average Bonchev–Trinajstić information content (AvgIpc) is 2.35. The van der Waals surface area contributed by atoms with Gasteiger partial charge in [-0.3, -0.25) is 14.4 Å². The highest BCUT2D eigenvalue weighted by Gasteiger charge is 2.31. The molecule has 0 unspecified atom stereocenters. The first-order valence-electron chi connectivity index (χ1n) is 6.26. The van der Waals surface area contributed by atoms with Crippen LogP contribution in [-0.4, -0.2) is 37.4 Å². The van der Waals surface area contributed by atoms with E-state index < -0.39 is 45.3 Å². The summed E-state index contributed by atoms with van der Waals surface area (Å²) in [4.78, 5) is 34.4. The fourth-order valence-corrected chi connectivity index (χ4v) is 2.27. The van der Waals surface area contributed by atoms with Crippen LogP contribution in [0.15, 0.2) is 12.0 Å².